The molecule has 2 rings (SSSR count). The molecule has 0 aliphatic carbocycles. The Hall–Kier alpha value is -2.74. The Balaban J connectivity index is 2.24. The Morgan fingerprint density at radius 1 is 1.38 bits per heavy atom. The van der Waals surface area contributed by atoms with Crippen LogP contribution in [-0.4, -0.2) is 46.9 Å². The monoisotopic (exact) mass is 330 g/mol. The normalized spacial score (nSPS) is 11.9. The van der Waals surface area contributed by atoms with E-state index in [0.29, 0.717) is 23.1 Å². The zero-order valence-electron chi connectivity index (χ0n) is 13.9. The molecule has 1 aromatic carbocycles. The van der Waals surface area contributed by atoms with Gasteiger partial charge in [-0.15, -0.1) is 0 Å². The van der Waals surface area contributed by atoms with Crippen molar-refractivity contribution in [1.82, 2.24) is 9.88 Å². The number of aromatic nitrogens is 1. The third kappa shape index (κ3) is 4.17. The third-order valence-corrected chi connectivity index (χ3v) is 3.80. The molecular formula is C16H22N6O2. The van der Waals surface area contributed by atoms with Gasteiger partial charge in [0.05, 0.1) is 17.0 Å². The molecule has 128 valence electrons. The number of guanidine groups is 1. The average molecular weight is 330 g/mol. The number of likely N-dealkylation sites (N-methyl/N-ethyl adjacent to an activating group) is 1. The highest BCUT2D eigenvalue weighted by Crippen LogP contribution is 2.31. The summed E-state index contributed by atoms with van der Waals surface area (Å²) in [6, 6.07) is 7.18. The van der Waals surface area contributed by atoms with Gasteiger partial charge in [0.15, 0.2) is 5.96 Å². The number of fused-ring (bicyclic) bond motifs is 1. The molecule has 0 unspecified atom stereocenters. The molecule has 0 atom stereocenters. The largest absolute Gasteiger partial charge is 0.370 e. The smallest absolute Gasteiger partial charge is 0.311 e. The summed E-state index contributed by atoms with van der Waals surface area (Å²) in [7, 11) is 0. The molecule has 8 heteroatoms. The second-order valence-electron chi connectivity index (χ2n) is 5.21. The fourth-order valence-electron chi connectivity index (χ4n) is 2.42. The van der Waals surface area contributed by atoms with E-state index in [0.717, 1.165) is 19.6 Å². The van der Waals surface area contributed by atoms with Crippen LogP contribution in [0.2, 0.25) is 0 Å². The van der Waals surface area contributed by atoms with Gasteiger partial charge in [-0.05, 0) is 19.2 Å². The number of aliphatic imine (C=N–C) groups is 1. The first kappa shape index (κ1) is 17.6. The van der Waals surface area contributed by atoms with Crippen molar-refractivity contribution in [2.75, 3.05) is 31.5 Å². The summed E-state index contributed by atoms with van der Waals surface area (Å²) in [5, 5.41) is 14.8. The maximum absolute atomic E-state index is 11.3. The first-order valence-corrected chi connectivity index (χ1v) is 7.88. The van der Waals surface area contributed by atoms with Crippen molar-refractivity contribution >= 4 is 28.2 Å². The van der Waals surface area contributed by atoms with E-state index in [9.17, 15) is 10.1 Å². The van der Waals surface area contributed by atoms with Crippen molar-refractivity contribution in [3.8, 4) is 0 Å². The lowest BCUT2D eigenvalue weighted by Gasteiger charge is -2.16. The average Bonchev–Trinajstić information content (AvgIpc) is 2.58. The van der Waals surface area contributed by atoms with Crippen molar-refractivity contribution in [2.45, 2.75) is 13.8 Å². The van der Waals surface area contributed by atoms with Crippen LogP contribution >= 0.6 is 0 Å². The van der Waals surface area contributed by atoms with E-state index in [1.165, 1.54) is 6.20 Å². The number of nitrogens with two attached hydrogens (primary N) is 1. The van der Waals surface area contributed by atoms with Crippen molar-refractivity contribution < 1.29 is 4.92 Å². The summed E-state index contributed by atoms with van der Waals surface area (Å²) < 4.78 is 0. The number of nitrogens with one attached hydrogen (secondary N) is 1. The van der Waals surface area contributed by atoms with Crippen LogP contribution in [0.3, 0.4) is 0 Å². The van der Waals surface area contributed by atoms with Gasteiger partial charge < -0.3 is 16.0 Å². The van der Waals surface area contributed by atoms with Crippen molar-refractivity contribution in [2.24, 2.45) is 10.7 Å². The van der Waals surface area contributed by atoms with E-state index in [-0.39, 0.29) is 11.6 Å². The number of pyridine rings is 1. The zero-order chi connectivity index (χ0) is 17.5. The Bertz CT molecular complexity index is 742. The first-order valence-electron chi connectivity index (χ1n) is 7.88. The number of hydrogen-bond acceptors (Lipinski definition) is 5. The number of rotatable bonds is 7. The first-order chi connectivity index (χ1) is 11.6. The highest BCUT2D eigenvalue weighted by molar-refractivity contribution is 6.04. The number of anilines is 1. The van der Waals surface area contributed by atoms with Gasteiger partial charge in [-0.2, -0.15) is 0 Å². The van der Waals surface area contributed by atoms with Crippen LogP contribution in [0, 0.1) is 10.1 Å². The maximum Gasteiger partial charge on any atom is 0.311 e. The molecule has 1 heterocycles. The highest BCUT2D eigenvalue weighted by Gasteiger charge is 2.18. The van der Waals surface area contributed by atoms with Crippen LogP contribution in [-0.2, 0) is 0 Å². The Labute approximate surface area is 140 Å². The molecular weight excluding hydrogens is 308 g/mol. The van der Waals surface area contributed by atoms with E-state index in [4.69, 9.17) is 5.73 Å². The van der Waals surface area contributed by atoms with Crippen LogP contribution in [0.15, 0.2) is 35.5 Å². The van der Waals surface area contributed by atoms with E-state index in [2.05, 4.69) is 34.0 Å². The molecule has 0 radical (unpaired) electrons. The van der Waals surface area contributed by atoms with Crippen LogP contribution in [0.4, 0.5) is 11.4 Å². The van der Waals surface area contributed by atoms with Gasteiger partial charge in [0.25, 0.3) is 0 Å². The molecule has 0 amide bonds. The van der Waals surface area contributed by atoms with Gasteiger partial charge in [-0.1, -0.05) is 32.0 Å². The van der Waals surface area contributed by atoms with E-state index in [1.54, 1.807) is 18.2 Å². The minimum absolute atomic E-state index is 0.129. The molecule has 0 fully saturated rings. The van der Waals surface area contributed by atoms with Crippen LogP contribution in [0.5, 0.6) is 0 Å². The molecule has 8 nitrogen and oxygen atoms in total. The van der Waals surface area contributed by atoms with Crippen molar-refractivity contribution in [3.05, 3.63) is 40.6 Å². The molecule has 0 spiro atoms. The molecule has 0 bridgehead atoms. The summed E-state index contributed by atoms with van der Waals surface area (Å²) in [6.07, 6.45) is 1.23. The molecule has 0 aliphatic heterocycles. The maximum atomic E-state index is 11.3. The minimum atomic E-state index is -0.481. The summed E-state index contributed by atoms with van der Waals surface area (Å²) in [5.74, 6) is 0.154. The Morgan fingerprint density at radius 3 is 2.75 bits per heavy atom. The lowest BCUT2D eigenvalue weighted by molar-refractivity contribution is -0.384. The molecule has 3 N–H and O–H groups in total. The molecule has 0 saturated carbocycles. The standard InChI is InChI=1S/C16H22N6O2/c1-3-21(4-2)10-9-18-16(17)20-15-12-7-5-6-8-13(12)19-11-14(15)22(23)24/h5-8,11H,3-4,9-10H2,1-2H3,(H3,17,18,19,20). The van der Waals surface area contributed by atoms with Crippen molar-refractivity contribution in [1.29, 1.82) is 0 Å². The minimum Gasteiger partial charge on any atom is -0.370 e. The molecule has 24 heavy (non-hydrogen) atoms. The Morgan fingerprint density at radius 2 is 2.08 bits per heavy atom. The molecule has 2 aromatic rings. The fraction of sp³-hybridized carbons (Fsp3) is 0.375. The Kier molecular flexibility index (Phi) is 6.02. The number of para-hydroxylation sites is 1. The van der Waals surface area contributed by atoms with Crippen molar-refractivity contribution in [3.63, 3.8) is 0 Å². The highest BCUT2D eigenvalue weighted by atomic mass is 16.6. The zero-order valence-corrected chi connectivity index (χ0v) is 13.9. The topological polar surface area (TPSA) is 110 Å². The molecule has 0 aliphatic rings. The predicted molar refractivity (Wildman–Crippen MR) is 96.3 cm³/mol. The van der Waals surface area contributed by atoms with E-state index < -0.39 is 4.92 Å². The molecule has 1 aromatic heterocycles. The van der Waals surface area contributed by atoms with Gasteiger partial charge in [-0.25, -0.2) is 4.98 Å². The lowest BCUT2D eigenvalue weighted by Crippen LogP contribution is -2.28. The summed E-state index contributed by atoms with van der Waals surface area (Å²) in [6.45, 7) is 7.37. The predicted octanol–water partition coefficient (Wildman–Crippen LogP) is 2.21. The van der Waals surface area contributed by atoms with Crippen LogP contribution in [0.1, 0.15) is 13.8 Å². The van der Waals surface area contributed by atoms with Crippen LogP contribution < -0.4 is 11.1 Å². The van der Waals surface area contributed by atoms with Gasteiger partial charge in [0, 0.05) is 11.9 Å². The van der Waals surface area contributed by atoms with Gasteiger partial charge in [0.2, 0.25) is 0 Å². The quantitative estimate of drug-likeness (QED) is 0.348. The number of nitrogens with zero attached hydrogens (tertiary/aromatic N) is 4. The summed E-state index contributed by atoms with van der Waals surface area (Å²) in [5.41, 5.74) is 6.75. The van der Waals surface area contributed by atoms with E-state index >= 15 is 0 Å². The fourth-order valence-corrected chi connectivity index (χ4v) is 2.42. The van der Waals surface area contributed by atoms with Gasteiger partial charge >= 0.3 is 5.69 Å². The van der Waals surface area contributed by atoms with E-state index in [1.807, 2.05) is 6.07 Å². The molecule has 0 saturated heterocycles. The SMILES string of the molecule is CCN(CC)CCN=C(N)Nc1c([N+](=O)[O-])cnc2ccccc12. The second-order valence-corrected chi connectivity index (χ2v) is 5.21. The van der Waals surface area contributed by atoms with Gasteiger partial charge in [-0.3, -0.25) is 15.1 Å². The van der Waals surface area contributed by atoms with Crippen LogP contribution in [0.25, 0.3) is 10.9 Å². The number of hydrogen-bond donors (Lipinski definition) is 2. The van der Waals surface area contributed by atoms with Gasteiger partial charge in [0.1, 0.15) is 11.9 Å². The summed E-state index contributed by atoms with van der Waals surface area (Å²) in [4.78, 5) is 21.4. The lowest BCUT2D eigenvalue weighted by atomic mass is 10.1. The number of nitro groups is 1. The number of benzene rings is 1. The summed E-state index contributed by atoms with van der Waals surface area (Å²) >= 11 is 0. The second kappa shape index (κ2) is 8.21. The third-order valence-electron chi connectivity index (χ3n) is 3.80.